The maximum absolute atomic E-state index is 5.39. The van der Waals surface area contributed by atoms with Crippen LogP contribution in [0.15, 0.2) is 36.7 Å². The molecule has 0 aliphatic carbocycles. The van der Waals surface area contributed by atoms with E-state index in [1.807, 2.05) is 18.2 Å². The highest BCUT2D eigenvalue weighted by Gasteiger charge is 1.90. The first-order chi connectivity index (χ1) is 4.79. The number of nitrogens with two attached hydrogens (primary N) is 1. The van der Waals surface area contributed by atoms with E-state index in [1.165, 1.54) is 0 Å². The van der Waals surface area contributed by atoms with Crippen molar-refractivity contribution >= 4 is 0 Å². The molecular weight excluding hydrogens is 124 g/mol. The molecule has 0 radical (unpaired) electrons. The van der Waals surface area contributed by atoms with Gasteiger partial charge in [-0.15, -0.1) is 0 Å². The van der Waals surface area contributed by atoms with E-state index in [2.05, 4.69) is 11.6 Å². The van der Waals surface area contributed by atoms with Crippen molar-refractivity contribution in [3.8, 4) is 0 Å². The fraction of sp³-hybridized carbons (Fsp3) is 0.125. The van der Waals surface area contributed by atoms with E-state index in [9.17, 15) is 0 Å². The Labute approximate surface area is 60.4 Å². The second-order valence-corrected chi connectivity index (χ2v) is 2.16. The molecule has 0 spiro atoms. The van der Waals surface area contributed by atoms with Crippen LogP contribution in [0.25, 0.3) is 0 Å². The lowest BCUT2D eigenvalue weighted by Crippen LogP contribution is -1.99. The highest BCUT2D eigenvalue weighted by atomic mass is 14.7. The van der Waals surface area contributed by atoms with Crippen LogP contribution >= 0.6 is 0 Å². The van der Waals surface area contributed by atoms with Crippen LogP contribution in [-0.2, 0) is 6.42 Å². The fourth-order valence-corrected chi connectivity index (χ4v) is 0.735. The van der Waals surface area contributed by atoms with E-state index >= 15 is 0 Å². The van der Waals surface area contributed by atoms with Gasteiger partial charge in [0, 0.05) is 24.0 Å². The van der Waals surface area contributed by atoms with Crippen molar-refractivity contribution in [2.24, 2.45) is 5.73 Å². The van der Waals surface area contributed by atoms with Crippen LogP contribution in [0.3, 0.4) is 0 Å². The number of rotatable bonds is 2. The van der Waals surface area contributed by atoms with Crippen LogP contribution in [0, 0.1) is 0 Å². The van der Waals surface area contributed by atoms with Gasteiger partial charge in [-0.1, -0.05) is 12.6 Å². The predicted octanol–water partition coefficient (Wildman–Crippen LogP) is 1.10. The summed E-state index contributed by atoms with van der Waals surface area (Å²) in [6.45, 7) is 3.59. The summed E-state index contributed by atoms with van der Waals surface area (Å²) in [5.41, 5.74) is 7.01. The molecular formula is C8H10N2. The van der Waals surface area contributed by atoms with E-state index in [0.717, 1.165) is 5.69 Å². The topological polar surface area (TPSA) is 38.9 Å². The highest BCUT2D eigenvalue weighted by Crippen LogP contribution is 1.96. The van der Waals surface area contributed by atoms with Gasteiger partial charge in [0.2, 0.25) is 0 Å². The SMILES string of the molecule is C=C(N)Cc1ccccn1. The molecule has 0 bridgehead atoms. The molecule has 0 aliphatic rings. The molecule has 52 valence electrons. The first kappa shape index (κ1) is 6.81. The van der Waals surface area contributed by atoms with Gasteiger partial charge in [0.05, 0.1) is 0 Å². The summed E-state index contributed by atoms with van der Waals surface area (Å²) in [4.78, 5) is 4.08. The third kappa shape index (κ3) is 1.90. The van der Waals surface area contributed by atoms with Crippen LogP contribution in [0.5, 0.6) is 0 Å². The molecule has 1 heterocycles. The molecule has 0 amide bonds. The smallest absolute Gasteiger partial charge is 0.0461 e. The van der Waals surface area contributed by atoms with Crippen LogP contribution in [-0.4, -0.2) is 4.98 Å². The Morgan fingerprint density at radius 3 is 2.90 bits per heavy atom. The summed E-state index contributed by atoms with van der Waals surface area (Å²) in [5, 5.41) is 0. The van der Waals surface area contributed by atoms with Crippen molar-refractivity contribution in [2.75, 3.05) is 0 Å². The molecule has 0 saturated heterocycles. The van der Waals surface area contributed by atoms with Crippen molar-refractivity contribution in [1.29, 1.82) is 0 Å². The molecule has 0 fully saturated rings. The van der Waals surface area contributed by atoms with Crippen molar-refractivity contribution in [3.63, 3.8) is 0 Å². The molecule has 1 rings (SSSR count). The molecule has 0 aliphatic heterocycles. The molecule has 0 aromatic carbocycles. The van der Waals surface area contributed by atoms with Gasteiger partial charge < -0.3 is 5.73 Å². The van der Waals surface area contributed by atoms with Crippen molar-refractivity contribution in [1.82, 2.24) is 4.98 Å². The quantitative estimate of drug-likeness (QED) is 0.657. The third-order valence-corrected chi connectivity index (χ3v) is 1.13. The van der Waals surface area contributed by atoms with Crippen LogP contribution in [0.2, 0.25) is 0 Å². The average molecular weight is 134 g/mol. The number of hydrogen-bond acceptors (Lipinski definition) is 2. The molecule has 0 atom stereocenters. The number of nitrogens with zero attached hydrogens (tertiary/aromatic N) is 1. The Hall–Kier alpha value is -1.31. The van der Waals surface area contributed by atoms with Gasteiger partial charge in [0.1, 0.15) is 0 Å². The van der Waals surface area contributed by atoms with Crippen molar-refractivity contribution < 1.29 is 0 Å². The summed E-state index contributed by atoms with van der Waals surface area (Å²) in [6.07, 6.45) is 2.42. The zero-order valence-corrected chi connectivity index (χ0v) is 5.75. The minimum Gasteiger partial charge on any atom is -0.402 e. The molecule has 2 N–H and O–H groups in total. The highest BCUT2D eigenvalue weighted by molar-refractivity contribution is 5.10. The Kier molecular flexibility index (Phi) is 2.05. The van der Waals surface area contributed by atoms with E-state index in [4.69, 9.17) is 5.73 Å². The van der Waals surface area contributed by atoms with Crippen LogP contribution in [0.4, 0.5) is 0 Å². The van der Waals surface area contributed by atoms with Gasteiger partial charge in [-0.25, -0.2) is 0 Å². The number of hydrogen-bond donors (Lipinski definition) is 1. The van der Waals surface area contributed by atoms with Gasteiger partial charge >= 0.3 is 0 Å². The van der Waals surface area contributed by atoms with Crippen molar-refractivity contribution in [3.05, 3.63) is 42.4 Å². The third-order valence-electron chi connectivity index (χ3n) is 1.13. The number of allylic oxidation sites excluding steroid dienone is 1. The first-order valence-electron chi connectivity index (χ1n) is 3.12. The maximum Gasteiger partial charge on any atom is 0.0461 e. The molecule has 1 aromatic heterocycles. The Morgan fingerprint density at radius 2 is 2.40 bits per heavy atom. The van der Waals surface area contributed by atoms with Crippen LogP contribution < -0.4 is 5.73 Å². The van der Waals surface area contributed by atoms with Gasteiger partial charge in [-0.05, 0) is 12.1 Å². The normalized spacial score (nSPS) is 9.20. The molecule has 1 aromatic rings. The molecule has 0 unspecified atom stereocenters. The minimum atomic E-state index is 0.652. The average Bonchev–Trinajstić information content (AvgIpc) is 1.88. The van der Waals surface area contributed by atoms with E-state index in [1.54, 1.807) is 6.20 Å². The summed E-state index contributed by atoms with van der Waals surface area (Å²) in [7, 11) is 0. The Bertz CT molecular complexity index is 216. The van der Waals surface area contributed by atoms with Gasteiger partial charge in [0.25, 0.3) is 0 Å². The zero-order chi connectivity index (χ0) is 7.40. The van der Waals surface area contributed by atoms with E-state index in [0.29, 0.717) is 12.1 Å². The number of aromatic nitrogens is 1. The van der Waals surface area contributed by atoms with Gasteiger partial charge in [-0.3, -0.25) is 4.98 Å². The molecule has 10 heavy (non-hydrogen) atoms. The second kappa shape index (κ2) is 3.01. The minimum absolute atomic E-state index is 0.652. The van der Waals surface area contributed by atoms with Gasteiger partial charge in [-0.2, -0.15) is 0 Å². The predicted molar refractivity (Wildman–Crippen MR) is 41.3 cm³/mol. The maximum atomic E-state index is 5.39. The lowest BCUT2D eigenvalue weighted by Gasteiger charge is -1.96. The molecule has 0 saturated carbocycles. The lowest BCUT2D eigenvalue weighted by molar-refractivity contribution is 1.04. The lowest BCUT2D eigenvalue weighted by atomic mass is 10.2. The molecule has 2 nitrogen and oxygen atoms in total. The Balaban J connectivity index is 2.67. The zero-order valence-electron chi connectivity index (χ0n) is 5.75. The molecule has 2 heteroatoms. The number of pyridine rings is 1. The van der Waals surface area contributed by atoms with Crippen molar-refractivity contribution in [2.45, 2.75) is 6.42 Å². The summed E-state index contributed by atoms with van der Waals surface area (Å²) in [5.74, 6) is 0. The van der Waals surface area contributed by atoms with Crippen LogP contribution in [0.1, 0.15) is 5.69 Å². The summed E-state index contributed by atoms with van der Waals surface area (Å²) < 4.78 is 0. The Morgan fingerprint density at radius 1 is 1.60 bits per heavy atom. The van der Waals surface area contributed by atoms with E-state index in [-0.39, 0.29) is 0 Å². The fourth-order valence-electron chi connectivity index (χ4n) is 0.735. The summed E-state index contributed by atoms with van der Waals surface area (Å²) >= 11 is 0. The monoisotopic (exact) mass is 134 g/mol. The van der Waals surface area contributed by atoms with Gasteiger partial charge in [0.15, 0.2) is 0 Å². The summed E-state index contributed by atoms with van der Waals surface area (Å²) in [6, 6.07) is 5.74. The largest absolute Gasteiger partial charge is 0.402 e. The van der Waals surface area contributed by atoms with E-state index < -0.39 is 0 Å². The standard InChI is InChI=1S/C8H10N2/c1-7(9)6-8-4-2-3-5-10-8/h2-5H,1,6,9H2. The second-order valence-electron chi connectivity index (χ2n) is 2.16. The first-order valence-corrected chi connectivity index (χ1v) is 3.12.